The van der Waals surface area contributed by atoms with Crippen molar-refractivity contribution < 1.29 is 48.7 Å². The summed E-state index contributed by atoms with van der Waals surface area (Å²) in [6.45, 7) is 11.1. The van der Waals surface area contributed by atoms with Gasteiger partial charge in [-0.2, -0.15) is 0 Å². The van der Waals surface area contributed by atoms with Gasteiger partial charge in [0.15, 0.2) is 17.5 Å². The third-order valence-electron chi connectivity index (χ3n) is 8.94. The molecule has 12 heteroatoms. The molecule has 2 fully saturated rings. The number of carbonyl (C=O) groups is 3. The molecular formula is C29H51NO10S. The topological polar surface area (TPSA) is 152 Å². The first-order valence-corrected chi connectivity index (χ1v) is 15.5. The number of ketones is 2. The normalized spacial score (nSPS) is 45.8. The Hall–Kier alpha value is -1.12. The highest BCUT2D eigenvalue weighted by Crippen LogP contribution is 2.38. The van der Waals surface area contributed by atoms with Crippen LogP contribution in [0, 0.1) is 23.7 Å². The summed E-state index contributed by atoms with van der Waals surface area (Å²) in [7, 11) is 5.15. The van der Waals surface area contributed by atoms with Gasteiger partial charge in [0.25, 0.3) is 0 Å². The SMILES string of the molecule is CO[C@@]1(C)C[C@@H](C)C(=O)[C@H](C)[C@@H](O)[C@](C)(O)C(SC)OC(=O)[C@H](C)C(=O)[C@H](C)[C@H]1OC1O[C@H](C)C[C@H](N(C)C)[C@H]1O. The van der Waals surface area contributed by atoms with Crippen molar-refractivity contribution in [3.8, 4) is 0 Å². The van der Waals surface area contributed by atoms with E-state index in [2.05, 4.69) is 0 Å². The molecule has 2 aliphatic rings. The second-order valence-corrected chi connectivity index (χ2v) is 13.4. The molecule has 0 bridgehead atoms. The number of ether oxygens (including phenoxy) is 4. The Kier molecular flexibility index (Phi) is 12.4. The average Bonchev–Trinajstić information content (AvgIpc) is 2.92. The van der Waals surface area contributed by atoms with Crippen LogP contribution in [0.25, 0.3) is 0 Å². The highest BCUT2D eigenvalue weighted by Gasteiger charge is 2.52. The minimum atomic E-state index is -1.98. The van der Waals surface area contributed by atoms with Crippen molar-refractivity contribution >= 4 is 29.3 Å². The lowest BCUT2D eigenvalue weighted by Crippen LogP contribution is -2.59. The Morgan fingerprint density at radius 1 is 1.00 bits per heavy atom. The first-order chi connectivity index (χ1) is 18.8. The number of esters is 1. The molecule has 2 saturated heterocycles. The molecule has 3 N–H and O–H groups in total. The summed E-state index contributed by atoms with van der Waals surface area (Å²) in [6, 6.07) is -0.268. The van der Waals surface area contributed by atoms with E-state index in [1.54, 1.807) is 27.0 Å². The van der Waals surface area contributed by atoms with E-state index in [1.165, 1.54) is 27.9 Å². The number of methoxy groups -OCH3 is 1. The molecule has 13 atom stereocenters. The van der Waals surface area contributed by atoms with Gasteiger partial charge in [-0.15, -0.1) is 11.8 Å². The maximum absolute atomic E-state index is 13.8. The van der Waals surface area contributed by atoms with Crippen LogP contribution in [0.5, 0.6) is 0 Å². The van der Waals surface area contributed by atoms with E-state index in [1.807, 2.05) is 25.9 Å². The van der Waals surface area contributed by atoms with Crippen LogP contribution in [-0.4, -0.2) is 119 Å². The van der Waals surface area contributed by atoms with Gasteiger partial charge < -0.3 is 39.2 Å². The van der Waals surface area contributed by atoms with Crippen molar-refractivity contribution in [3.05, 3.63) is 0 Å². The Balaban J connectivity index is 2.61. The van der Waals surface area contributed by atoms with Crippen LogP contribution in [0.1, 0.15) is 61.3 Å². The Morgan fingerprint density at radius 2 is 1.59 bits per heavy atom. The second-order valence-electron chi connectivity index (χ2n) is 12.5. The van der Waals surface area contributed by atoms with E-state index in [9.17, 15) is 29.7 Å². The Labute approximate surface area is 248 Å². The lowest BCUT2D eigenvalue weighted by Gasteiger charge is -2.47. The number of aliphatic hydroxyl groups is 3. The molecule has 0 aromatic heterocycles. The fourth-order valence-electron chi connectivity index (χ4n) is 6.14. The standard InChI is InChI=1S/C29H51NO10S/c1-14-13-28(6,37-10)24(39-26-22(33)19(30(8)9)12-15(2)38-26)17(4)21(32)18(5)25(35)40-27(41-11)29(7,36)23(34)16(3)20(14)31/h14-19,22-24,26-27,33-34,36H,12-13H2,1-11H3/t14-,15-,16+,17+,18-,19+,22-,23-,24-,26?,27?,28+,29+/m1/s1. The molecule has 0 aliphatic carbocycles. The molecule has 238 valence electrons. The van der Waals surface area contributed by atoms with Gasteiger partial charge in [-0.1, -0.05) is 20.8 Å². The molecule has 2 heterocycles. The van der Waals surface area contributed by atoms with Crippen LogP contribution >= 0.6 is 11.8 Å². The number of aliphatic hydroxyl groups excluding tert-OH is 2. The summed E-state index contributed by atoms with van der Waals surface area (Å²) in [5, 5.41) is 33.5. The maximum atomic E-state index is 13.8. The van der Waals surface area contributed by atoms with Crippen molar-refractivity contribution in [2.75, 3.05) is 27.5 Å². The number of hydrogen-bond donors (Lipinski definition) is 3. The smallest absolute Gasteiger partial charge is 0.317 e. The van der Waals surface area contributed by atoms with Crippen LogP contribution in [0.15, 0.2) is 0 Å². The Morgan fingerprint density at radius 3 is 2.10 bits per heavy atom. The first-order valence-electron chi connectivity index (χ1n) is 14.3. The second kappa shape index (κ2) is 14.1. The number of hydrogen-bond acceptors (Lipinski definition) is 12. The van der Waals surface area contributed by atoms with E-state index in [0.717, 1.165) is 11.8 Å². The zero-order valence-corrected chi connectivity index (χ0v) is 27.1. The molecule has 0 aromatic rings. The van der Waals surface area contributed by atoms with E-state index in [4.69, 9.17) is 18.9 Å². The van der Waals surface area contributed by atoms with Crippen LogP contribution < -0.4 is 0 Å². The van der Waals surface area contributed by atoms with Crippen molar-refractivity contribution in [2.24, 2.45) is 23.7 Å². The van der Waals surface area contributed by atoms with Crippen LogP contribution in [-0.2, 0) is 33.3 Å². The summed E-state index contributed by atoms with van der Waals surface area (Å²) in [5.74, 6) is -5.62. The minimum Gasteiger partial charge on any atom is -0.448 e. The summed E-state index contributed by atoms with van der Waals surface area (Å²) in [5.41, 5.74) is -4.48. The number of Topliss-reactive ketones (excluding diaryl/α,β-unsaturated/α-hetero) is 2. The Bertz CT molecular complexity index is 931. The van der Waals surface area contributed by atoms with E-state index in [0.29, 0.717) is 6.42 Å². The monoisotopic (exact) mass is 605 g/mol. The molecule has 0 saturated carbocycles. The third kappa shape index (κ3) is 7.70. The molecule has 2 unspecified atom stereocenters. The lowest BCUT2D eigenvalue weighted by molar-refractivity contribution is -0.295. The largest absolute Gasteiger partial charge is 0.448 e. The predicted molar refractivity (Wildman–Crippen MR) is 154 cm³/mol. The number of cyclic esters (lactones) is 1. The van der Waals surface area contributed by atoms with Gasteiger partial charge in [-0.05, 0) is 60.9 Å². The average molecular weight is 606 g/mol. The molecule has 0 aromatic carbocycles. The summed E-state index contributed by atoms with van der Waals surface area (Å²) in [6.07, 6.45) is -2.75. The van der Waals surface area contributed by atoms with E-state index >= 15 is 0 Å². The maximum Gasteiger partial charge on any atom is 0.317 e. The van der Waals surface area contributed by atoms with Gasteiger partial charge in [0, 0.05) is 30.9 Å². The minimum absolute atomic E-state index is 0.0874. The van der Waals surface area contributed by atoms with Gasteiger partial charge >= 0.3 is 5.97 Å². The van der Waals surface area contributed by atoms with Gasteiger partial charge in [0.1, 0.15) is 23.4 Å². The van der Waals surface area contributed by atoms with Crippen molar-refractivity contribution in [1.29, 1.82) is 0 Å². The number of carbonyl (C=O) groups excluding carboxylic acids is 3. The zero-order valence-electron chi connectivity index (χ0n) is 26.3. The molecule has 0 radical (unpaired) electrons. The zero-order chi connectivity index (χ0) is 31.6. The summed E-state index contributed by atoms with van der Waals surface area (Å²) >= 11 is 0.990. The van der Waals surface area contributed by atoms with Crippen LogP contribution in [0.4, 0.5) is 0 Å². The molecular weight excluding hydrogens is 554 g/mol. The first kappa shape index (κ1) is 36.1. The quantitative estimate of drug-likeness (QED) is 0.309. The summed E-state index contributed by atoms with van der Waals surface area (Å²) < 4.78 is 23.9. The molecule has 0 amide bonds. The highest BCUT2D eigenvalue weighted by molar-refractivity contribution is 7.99. The molecule has 0 spiro atoms. The molecule has 11 nitrogen and oxygen atoms in total. The van der Waals surface area contributed by atoms with Gasteiger partial charge in [-0.25, -0.2) is 0 Å². The van der Waals surface area contributed by atoms with E-state index in [-0.39, 0.29) is 24.3 Å². The molecule has 2 aliphatic heterocycles. The van der Waals surface area contributed by atoms with Crippen LogP contribution in [0.3, 0.4) is 0 Å². The fourth-order valence-corrected chi connectivity index (χ4v) is 6.94. The molecule has 2 rings (SSSR count). The number of rotatable bonds is 5. The molecule has 41 heavy (non-hydrogen) atoms. The summed E-state index contributed by atoms with van der Waals surface area (Å²) in [4.78, 5) is 42.4. The van der Waals surface area contributed by atoms with Crippen molar-refractivity contribution in [1.82, 2.24) is 4.90 Å². The van der Waals surface area contributed by atoms with Gasteiger partial charge in [0.05, 0.1) is 23.9 Å². The third-order valence-corrected chi connectivity index (χ3v) is 9.94. The van der Waals surface area contributed by atoms with Crippen molar-refractivity contribution in [2.45, 2.75) is 115 Å². The van der Waals surface area contributed by atoms with E-state index < -0.39 is 76.7 Å². The van der Waals surface area contributed by atoms with Crippen molar-refractivity contribution in [3.63, 3.8) is 0 Å². The number of nitrogens with zero attached hydrogens (tertiary/aromatic N) is 1. The van der Waals surface area contributed by atoms with Crippen LogP contribution in [0.2, 0.25) is 0 Å². The van der Waals surface area contributed by atoms with Gasteiger partial charge in [-0.3, -0.25) is 14.4 Å². The highest BCUT2D eigenvalue weighted by atomic mass is 32.2. The predicted octanol–water partition coefficient (Wildman–Crippen LogP) is 1.63. The number of likely N-dealkylation sites (N-methyl/N-ethyl adjacent to an activating group) is 1. The lowest BCUT2D eigenvalue weighted by atomic mass is 9.75. The fraction of sp³-hybridized carbons (Fsp3) is 0.897. The van der Waals surface area contributed by atoms with Gasteiger partial charge in [0.2, 0.25) is 0 Å². The number of thioether (sulfide) groups is 1.